The van der Waals surface area contributed by atoms with Crippen molar-refractivity contribution in [2.24, 2.45) is 15.9 Å². The molecule has 35 heavy (non-hydrogen) atoms. The lowest BCUT2D eigenvalue weighted by Crippen LogP contribution is -2.38. The van der Waals surface area contributed by atoms with Gasteiger partial charge in [0, 0.05) is 43.4 Å². The Balaban J connectivity index is 1.61. The second kappa shape index (κ2) is 11.8. The molecule has 0 aromatic heterocycles. The molecule has 6 nitrogen and oxygen atoms in total. The number of allylic oxidation sites excluding steroid dienone is 6. The number of hydrogen-bond donors (Lipinski definition) is 1. The highest BCUT2D eigenvalue weighted by Gasteiger charge is 2.37. The molecule has 0 saturated carbocycles. The number of aliphatic imine (C=N–C) groups is 2. The number of likely N-dealkylation sites (tertiary alicyclic amines) is 1. The summed E-state index contributed by atoms with van der Waals surface area (Å²) in [4.78, 5) is 23.3. The zero-order valence-corrected chi connectivity index (χ0v) is 20.8. The highest BCUT2D eigenvalue weighted by atomic mass is 32.2. The van der Waals surface area contributed by atoms with E-state index in [1.165, 1.54) is 6.21 Å². The topological polar surface area (TPSA) is 74.1 Å². The molecule has 0 radical (unpaired) electrons. The van der Waals surface area contributed by atoms with Gasteiger partial charge >= 0.3 is 12.2 Å². The Labute approximate surface area is 206 Å². The predicted molar refractivity (Wildman–Crippen MR) is 135 cm³/mol. The normalized spacial score (nSPS) is 23.6. The Kier molecular flexibility index (Phi) is 9.04. The largest absolute Gasteiger partial charge is 0.389 e. The van der Waals surface area contributed by atoms with E-state index in [1.807, 2.05) is 12.2 Å². The molecule has 1 aliphatic carbocycles. The van der Waals surface area contributed by atoms with Gasteiger partial charge in [0.25, 0.3) is 0 Å². The molecule has 0 spiro atoms. The van der Waals surface area contributed by atoms with E-state index in [-0.39, 0.29) is 12.6 Å². The first-order chi connectivity index (χ1) is 16.6. The third-order valence-electron chi connectivity index (χ3n) is 6.15. The first-order valence-corrected chi connectivity index (χ1v) is 12.7. The minimum absolute atomic E-state index is 0.181. The Morgan fingerprint density at radius 2 is 2.14 bits per heavy atom. The quantitative estimate of drug-likeness (QED) is 0.500. The average Bonchev–Trinajstić information content (AvgIpc) is 3.00. The van der Waals surface area contributed by atoms with E-state index in [2.05, 4.69) is 21.9 Å². The summed E-state index contributed by atoms with van der Waals surface area (Å²) >= 11 is 0. The third kappa shape index (κ3) is 7.37. The van der Waals surface area contributed by atoms with Crippen LogP contribution in [0.25, 0.3) is 0 Å². The summed E-state index contributed by atoms with van der Waals surface area (Å²) in [5.74, 6) is -0.772. The van der Waals surface area contributed by atoms with Gasteiger partial charge in [-0.3, -0.25) is 9.98 Å². The van der Waals surface area contributed by atoms with Gasteiger partial charge in [0.05, 0.1) is 34.4 Å². The van der Waals surface area contributed by atoms with Crippen molar-refractivity contribution < 1.29 is 22.2 Å². The predicted octanol–water partition coefficient (Wildman–Crippen LogP) is 5.21. The van der Waals surface area contributed by atoms with Gasteiger partial charge in [-0.2, -0.15) is 13.2 Å². The zero-order valence-electron chi connectivity index (χ0n) is 20.0. The molecule has 0 aromatic rings. The fourth-order valence-electron chi connectivity index (χ4n) is 4.39. The van der Waals surface area contributed by atoms with Gasteiger partial charge in [-0.15, -0.1) is 0 Å². The second-order valence-corrected chi connectivity index (χ2v) is 10.3. The SMILES string of the molecule is C=C1CN(C(=O)NCC2=CCC=C(S(=O)C3=C(C)CCCC3CC(F)(F)F)C=N2)CC1=CC=NC. The van der Waals surface area contributed by atoms with Gasteiger partial charge in [0.1, 0.15) is 0 Å². The van der Waals surface area contributed by atoms with Crippen molar-refractivity contribution in [2.75, 3.05) is 26.7 Å². The van der Waals surface area contributed by atoms with Crippen LogP contribution in [-0.4, -0.2) is 60.4 Å². The Morgan fingerprint density at radius 1 is 1.37 bits per heavy atom. The van der Waals surface area contributed by atoms with Crippen LogP contribution >= 0.6 is 0 Å². The molecule has 2 amide bonds. The number of carbonyl (C=O) groups excluding carboxylic acids is 1. The van der Waals surface area contributed by atoms with Crippen LogP contribution in [-0.2, 0) is 10.8 Å². The summed E-state index contributed by atoms with van der Waals surface area (Å²) in [6, 6.07) is -0.252. The summed E-state index contributed by atoms with van der Waals surface area (Å²) in [5.41, 5.74) is 3.17. The van der Waals surface area contributed by atoms with Crippen molar-refractivity contribution in [3.63, 3.8) is 0 Å². The molecule has 1 saturated heterocycles. The van der Waals surface area contributed by atoms with Crippen molar-refractivity contribution >= 4 is 29.3 Å². The highest BCUT2D eigenvalue weighted by Crippen LogP contribution is 2.40. The van der Waals surface area contributed by atoms with Crippen molar-refractivity contribution in [2.45, 2.75) is 45.2 Å². The van der Waals surface area contributed by atoms with Crippen molar-refractivity contribution in [1.29, 1.82) is 0 Å². The first-order valence-electron chi connectivity index (χ1n) is 11.5. The van der Waals surface area contributed by atoms with Crippen LogP contribution in [0.15, 0.2) is 67.0 Å². The maximum absolute atomic E-state index is 13.3. The summed E-state index contributed by atoms with van der Waals surface area (Å²) in [6.07, 6.45) is 5.34. The number of nitrogens with one attached hydrogen (secondary N) is 1. The Bertz CT molecular complexity index is 1070. The van der Waals surface area contributed by atoms with Crippen LogP contribution in [0.5, 0.6) is 0 Å². The Hall–Kier alpha value is -2.75. The van der Waals surface area contributed by atoms with Crippen molar-refractivity contribution in [3.8, 4) is 0 Å². The fraction of sp³-hybridized carbons (Fsp3) is 0.480. The zero-order chi connectivity index (χ0) is 25.6. The lowest BCUT2D eigenvalue weighted by molar-refractivity contribution is -0.142. The molecule has 2 heterocycles. The van der Waals surface area contributed by atoms with Crippen LogP contribution in [0.1, 0.15) is 39.0 Å². The van der Waals surface area contributed by atoms with E-state index in [4.69, 9.17) is 0 Å². The van der Waals surface area contributed by atoms with Crippen molar-refractivity contribution in [1.82, 2.24) is 10.2 Å². The number of rotatable bonds is 6. The van der Waals surface area contributed by atoms with Crippen LogP contribution in [0.4, 0.5) is 18.0 Å². The highest BCUT2D eigenvalue weighted by molar-refractivity contribution is 7.93. The number of carbonyl (C=O) groups is 1. The van der Waals surface area contributed by atoms with E-state index in [0.717, 1.165) is 16.7 Å². The van der Waals surface area contributed by atoms with Gasteiger partial charge in [-0.25, -0.2) is 9.00 Å². The maximum atomic E-state index is 13.3. The summed E-state index contributed by atoms with van der Waals surface area (Å²) < 4.78 is 52.6. The molecular formula is C25H31F3N4O2S. The minimum Gasteiger partial charge on any atom is -0.332 e. The molecule has 1 fully saturated rings. The molecule has 3 rings (SSSR count). The van der Waals surface area contributed by atoms with Gasteiger partial charge in [-0.05, 0) is 49.8 Å². The standard InChI is InChI=1S/C25H31F3N4O2S/c1-17-6-4-7-19(12-25(26,27)28)23(17)35(34)22-9-5-8-21(30-14-22)13-31-24(33)32-15-18(2)20(16-32)10-11-29-3/h8-11,14,19H,2,4-7,12-13,15-16H2,1,3H3,(H,31,33). The number of alkyl halides is 3. The van der Waals surface area contributed by atoms with E-state index in [1.54, 1.807) is 31.2 Å². The number of amides is 2. The summed E-state index contributed by atoms with van der Waals surface area (Å²) in [5, 5.41) is 2.84. The van der Waals surface area contributed by atoms with Crippen LogP contribution < -0.4 is 5.32 Å². The van der Waals surface area contributed by atoms with E-state index < -0.39 is 29.3 Å². The lowest BCUT2D eigenvalue weighted by atomic mass is 9.88. The fourth-order valence-corrected chi connectivity index (χ4v) is 5.97. The molecular weight excluding hydrogens is 477 g/mol. The van der Waals surface area contributed by atoms with Gasteiger partial charge in [0.15, 0.2) is 0 Å². The van der Waals surface area contributed by atoms with E-state index in [9.17, 15) is 22.2 Å². The van der Waals surface area contributed by atoms with Gasteiger partial charge < -0.3 is 10.2 Å². The number of urea groups is 1. The van der Waals surface area contributed by atoms with Crippen LogP contribution in [0, 0.1) is 5.92 Å². The minimum atomic E-state index is -4.31. The molecule has 0 aromatic carbocycles. The number of halogens is 3. The second-order valence-electron chi connectivity index (χ2n) is 8.84. The van der Waals surface area contributed by atoms with Gasteiger partial charge in [-0.1, -0.05) is 24.3 Å². The number of nitrogens with zero attached hydrogens (tertiary/aromatic N) is 3. The summed E-state index contributed by atoms with van der Waals surface area (Å²) in [6.45, 7) is 6.81. The molecule has 3 aliphatic rings. The smallest absolute Gasteiger partial charge is 0.332 e. The molecule has 190 valence electrons. The lowest BCUT2D eigenvalue weighted by Gasteiger charge is -2.27. The van der Waals surface area contributed by atoms with E-state index >= 15 is 0 Å². The van der Waals surface area contributed by atoms with E-state index in [0.29, 0.717) is 54.3 Å². The molecule has 1 N–H and O–H groups in total. The monoisotopic (exact) mass is 508 g/mol. The van der Waals surface area contributed by atoms with Crippen molar-refractivity contribution in [3.05, 3.63) is 57.0 Å². The van der Waals surface area contributed by atoms with Crippen LogP contribution in [0.2, 0.25) is 0 Å². The molecule has 2 aliphatic heterocycles. The molecule has 0 bridgehead atoms. The number of hydrogen-bond acceptors (Lipinski definition) is 4. The molecule has 10 heteroatoms. The maximum Gasteiger partial charge on any atom is 0.389 e. The Morgan fingerprint density at radius 3 is 2.86 bits per heavy atom. The summed E-state index contributed by atoms with van der Waals surface area (Å²) in [7, 11) is -0.0327. The molecule has 2 atom stereocenters. The van der Waals surface area contributed by atoms with Crippen LogP contribution in [0.3, 0.4) is 0 Å². The third-order valence-corrected chi connectivity index (χ3v) is 7.93. The average molecular weight is 509 g/mol. The first kappa shape index (κ1) is 26.8. The molecule has 2 unspecified atom stereocenters. The van der Waals surface area contributed by atoms with Gasteiger partial charge in [0.2, 0.25) is 0 Å².